The quantitative estimate of drug-likeness (QED) is 0.609. The molecule has 19 heavy (non-hydrogen) atoms. The molecular formula is C16H25NO2. The van der Waals surface area contributed by atoms with Gasteiger partial charge in [0, 0.05) is 12.2 Å². The molecule has 1 aromatic carbocycles. The Kier molecular flexibility index (Phi) is 7.71. The van der Waals surface area contributed by atoms with Crippen LogP contribution in [0, 0.1) is 0 Å². The van der Waals surface area contributed by atoms with E-state index in [1.807, 2.05) is 12.1 Å². The second kappa shape index (κ2) is 9.42. The lowest BCUT2D eigenvalue weighted by molar-refractivity contribution is 0.0698. The zero-order valence-corrected chi connectivity index (χ0v) is 11.8. The monoisotopic (exact) mass is 263 g/mol. The molecule has 0 unspecified atom stereocenters. The number of hydrogen-bond donors (Lipinski definition) is 2. The first-order chi connectivity index (χ1) is 9.25. The van der Waals surface area contributed by atoms with Crippen molar-refractivity contribution in [1.82, 2.24) is 0 Å². The molecule has 3 nitrogen and oxygen atoms in total. The smallest absolute Gasteiger partial charge is 0.337 e. The van der Waals surface area contributed by atoms with Crippen LogP contribution in [0.4, 0.5) is 5.69 Å². The molecule has 0 bridgehead atoms. The number of benzene rings is 1. The highest BCUT2D eigenvalue weighted by Gasteiger charge is 2.07. The van der Waals surface area contributed by atoms with Crippen LogP contribution in [0.2, 0.25) is 0 Å². The third-order valence-corrected chi connectivity index (χ3v) is 3.25. The average molecular weight is 263 g/mol. The van der Waals surface area contributed by atoms with E-state index in [1.54, 1.807) is 12.1 Å². The first-order valence-corrected chi connectivity index (χ1v) is 7.32. The van der Waals surface area contributed by atoms with Gasteiger partial charge in [0.2, 0.25) is 0 Å². The number of aromatic carboxylic acids is 1. The van der Waals surface area contributed by atoms with Crippen LogP contribution in [0.25, 0.3) is 0 Å². The summed E-state index contributed by atoms with van der Waals surface area (Å²) in [6, 6.07) is 7.07. The summed E-state index contributed by atoms with van der Waals surface area (Å²) < 4.78 is 0. The number of carboxylic acid groups (broad SMARTS) is 1. The third kappa shape index (κ3) is 6.27. The van der Waals surface area contributed by atoms with Crippen LogP contribution in [0.15, 0.2) is 24.3 Å². The average Bonchev–Trinajstić information content (AvgIpc) is 2.42. The second-order valence-electron chi connectivity index (χ2n) is 4.90. The summed E-state index contributed by atoms with van der Waals surface area (Å²) in [5, 5.41) is 12.3. The van der Waals surface area contributed by atoms with E-state index in [1.165, 1.54) is 38.5 Å². The molecule has 0 heterocycles. The fraction of sp³-hybridized carbons (Fsp3) is 0.562. The van der Waals surface area contributed by atoms with E-state index in [9.17, 15) is 4.79 Å². The normalized spacial score (nSPS) is 10.4. The maximum atomic E-state index is 11.0. The third-order valence-electron chi connectivity index (χ3n) is 3.25. The van der Waals surface area contributed by atoms with E-state index < -0.39 is 5.97 Å². The minimum Gasteiger partial charge on any atom is -0.478 e. The van der Waals surface area contributed by atoms with Gasteiger partial charge in [0.05, 0.1) is 5.56 Å². The summed E-state index contributed by atoms with van der Waals surface area (Å²) in [7, 11) is 0. The molecule has 106 valence electrons. The topological polar surface area (TPSA) is 49.3 Å². The highest BCUT2D eigenvalue weighted by Crippen LogP contribution is 2.15. The molecule has 2 N–H and O–H groups in total. The van der Waals surface area contributed by atoms with E-state index in [-0.39, 0.29) is 0 Å². The van der Waals surface area contributed by atoms with Crippen molar-refractivity contribution in [3.63, 3.8) is 0 Å². The molecule has 3 heteroatoms. The predicted octanol–water partition coefficient (Wildman–Crippen LogP) is 4.55. The highest BCUT2D eigenvalue weighted by atomic mass is 16.4. The molecule has 0 saturated heterocycles. The lowest BCUT2D eigenvalue weighted by Gasteiger charge is -2.09. The predicted molar refractivity (Wildman–Crippen MR) is 79.9 cm³/mol. The number of nitrogens with one attached hydrogen (secondary N) is 1. The molecule has 0 amide bonds. The molecule has 0 radical (unpaired) electrons. The van der Waals surface area contributed by atoms with Crippen molar-refractivity contribution < 1.29 is 9.90 Å². The summed E-state index contributed by atoms with van der Waals surface area (Å²) in [6.07, 6.45) is 8.87. The number of hydrogen-bond acceptors (Lipinski definition) is 2. The lowest BCUT2D eigenvalue weighted by Crippen LogP contribution is -2.07. The van der Waals surface area contributed by atoms with Crippen LogP contribution in [0.5, 0.6) is 0 Å². The minimum atomic E-state index is -0.873. The van der Waals surface area contributed by atoms with Crippen molar-refractivity contribution in [1.29, 1.82) is 0 Å². The van der Waals surface area contributed by atoms with Gasteiger partial charge in [-0.25, -0.2) is 4.79 Å². The summed E-state index contributed by atoms with van der Waals surface area (Å²) in [4.78, 5) is 11.0. The van der Waals surface area contributed by atoms with Gasteiger partial charge < -0.3 is 10.4 Å². The van der Waals surface area contributed by atoms with Gasteiger partial charge in [-0.3, -0.25) is 0 Å². The Morgan fingerprint density at radius 1 is 1.05 bits per heavy atom. The summed E-state index contributed by atoms with van der Waals surface area (Å²) in [5.41, 5.74) is 1.08. The molecule has 0 aliphatic heterocycles. The van der Waals surface area contributed by atoms with Gasteiger partial charge in [-0.2, -0.15) is 0 Å². The maximum Gasteiger partial charge on any atom is 0.337 e. The largest absolute Gasteiger partial charge is 0.478 e. The molecule has 0 atom stereocenters. The van der Waals surface area contributed by atoms with E-state index in [0.717, 1.165) is 18.7 Å². The van der Waals surface area contributed by atoms with Crippen LogP contribution in [0.1, 0.15) is 62.2 Å². The van der Waals surface area contributed by atoms with Crippen molar-refractivity contribution in [3.8, 4) is 0 Å². The van der Waals surface area contributed by atoms with Crippen molar-refractivity contribution in [2.75, 3.05) is 11.9 Å². The van der Waals surface area contributed by atoms with Crippen LogP contribution in [-0.2, 0) is 0 Å². The first kappa shape index (κ1) is 15.5. The molecule has 0 aliphatic carbocycles. The number of carbonyl (C=O) groups is 1. The van der Waals surface area contributed by atoms with Crippen molar-refractivity contribution in [2.24, 2.45) is 0 Å². The second-order valence-corrected chi connectivity index (χ2v) is 4.90. The van der Waals surface area contributed by atoms with Gasteiger partial charge in [-0.15, -0.1) is 0 Å². The molecule has 0 aromatic heterocycles. The van der Waals surface area contributed by atoms with Gasteiger partial charge in [0.1, 0.15) is 0 Å². The summed E-state index contributed by atoms with van der Waals surface area (Å²) >= 11 is 0. The van der Waals surface area contributed by atoms with E-state index in [0.29, 0.717) is 5.56 Å². The number of anilines is 1. The fourth-order valence-corrected chi connectivity index (χ4v) is 2.13. The molecule has 1 aromatic rings. The minimum absolute atomic E-state index is 0.352. The van der Waals surface area contributed by atoms with Crippen LogP contribution >= 0.6 is 0 Å². The van der Waals surface area contributed by atoms with Gasteiger partial charge in [0.15, 0.2) is 0 Å². The van der Waals surface area contributed by atoms with Crippen LogP contribution < -0.4 is 5.32 Å². The molecule has 0 aliphatic rings. The molecule has 1 rings (SSSR count). The van der Waals surface area contributed by atoms with E-state index in [4.69, 9.17) is 5.11 Å². The van der Waals surface area contributed by atoms with Crippen molar-refractivity contribution in [3.05, 3.63) is 29.8 Å². The Morgan fingerprint density at radius 2 is 1.68 bits per heavy atom. The maximum absolute atomic E-state index is 11.0. The van der Waals surface area contributed by atoms with Gasteiger partial charge in [-0.05, 0) is 18.6 Å². The Balaban J connectivity index is 2.17. The zero-order chi connectivity index (χ0) is 13.9. The van der Waals surface area contributed by atoms with E-state index >= 15 is 0 Å². The summed E-state index contributed by atoms with van der Waals surface area (Å²) in [5.74, 6) is -0.873. The SMILES string of the molecule is CCCCCCCCCNc1ccccc1C(=O)O. The van der Waals surface area contributed by atoms with Gasteiger partial charge in [-0.1, -0.05) is 57.6 Å². The van der Waals surface area contributed by atoms with Gasteiger partial charge >= 0.3 is 5.97 Å². The van der Waals surface area contributed by atoms with Crippen molar-refractivity contribution >= 4 is 11.7 Å². The standard InChI is InChI=1S/C16H25NO2/c1-2-3-4-5-6-7-10-13-17-15-12-9-8-11-14(15)16(18)19/h8-9,11-12,17H,2-7,10,13H2,1H3,(H,18,19). The first-order valence-electron chi connectivity index (χ1n) is 7.32. The van der Waals surface area contributed by atoms with Crippen molar-refractivity contribution in [2.45, 2.75) is 51.9 Å². The van der Waals surface area contributed by atoms with Crippen LogP contribution in [0.3, 0.4) is 0 Å². The molecule has 0 spiro atoms. The number of carboxylic acids is 1. The van der Waals surface area contributed by atoms with E-state index in [2.05, 4.69) is 12.2 Å². The zero-order valence-electron chi connectivity index (χ0n) is 11.8. The Hall–Kier alpha value is -1.51. The summed E-state index contributed by atoms with van der Waals surface area (Å²) in [6.45, 7) is 3.07. The highest BCUT2D eigenvalue weighted by molar-refractivity contribution is 5.94. The Bertz CT molecular complexity index is 377. The molecule has 0 saturated carbocycles. The molecule has 0 fully saturated rings. The Labute approximate surface area is 116 Å². The fourth-order valence-electron chi connectivity index (χ4n) is 2.13. The lowest BCUT2D eigenvalue weighted by atomic mass is 10.1. The number of unbranched alkanes of at least 4 members (excludes halogenated alkanes) is 6. The Morgan fingerprint density at radius 3 is 2.37 bits per heavy atom. The number of para-hydroxylation sites is 1. The van der Waals surface area contributed by atoms with Gasteiger partial charge in [0.25, 0.3) is 0 Å². The number of rotatable bonds is 10. The van der Waals surface area contributed by atoms with Crippen LogP contribution in [-0.4, -0.2) is 17.6 Å². The molecular weight excluding hydrogens is 238 g/mol.